The van der Waals surface area contributed by atoms with Crippen molar-refractivity contribution in [3.05, 3.63) is 35.4 Å². The highest BCUT2D eigenvalue weighted by Gasteiger charge is 2.27. The van der Waals surface area contributed by atoms with Gasteiger partial charge in [-0.15, -0.1) is 0 Å². The third kappa shape index (κ3) is 2.65. The molecule has 0 heterocycles. The summed E-state index contributed by atoms with van der Waals surface area (Å²) in [5.41, 5.74) is 1.72. The van der Waals surface area contributed by atoms with Gasteiger partial charge >= 0.3 is 0 Å². The third-order valence-corrected chi connectivity index (χ3v) is 3.33. The van der Waals surface area contributed by atoms with E-state index in [1.165, 1.54) is 6.42 Å². The Hall–Kier alpha value is -1.82. The van der Waals surface area contributed by atoms with Crippen molar-refractivity contribution in [1.29, 1.82) is 5.26 Å². The second kappa shape index (κ2) is 5.01. The van der Waals surface area contributed by atoms with Gasteiger partial charge in [0.15, 0.2) is 0 Å². The van der Waals surface area contributed by atoms with Gasteiger partial charge in [-0.25, -0.2) is 0 Å². The van der Waals surface area contributed by atoms with Crippen LogP contribution in [0.5, 0.6) is 0 Å². The Morgan fingerprint density at radius 3 is 2.53 bits per heavy atom. The number of hydrogen-bond donors (Lipinski definition) is 0. The van der Waals surface area contributed by atoms with E-state index in [4.69, 9.17) is 5.26 Å². The van der Waals surface area contributed by atoms with Gasteiger partial charge in [0.25, 0.3) is 0 Å². The number of carbonyl (C=O) groups is 1. The van der Waals surface area contributed by atoms with Crippen LogP contribution in [0.4, 0.5) is 0 Å². The number of amides is 1. The highest BCUT2D eigenvalue weighted by Crippen LogP contribution is 2.28. The van der Waals surface area contributed by atoms with Gasteiger partial charge in [0.2, 0.25) is 5.91 Å². The summed E-state index contributed by atoms with van der Waals surface area (Å²) in [5.74, 6) is 0.499. The lowest BCUT2D eigenvalue weighted by Gasteiger charge is -2.29. The van der Waals surface area contributed by atoms with Crippen molar-refractivity contribution in [1.82, 2.24) is 4.90 Å². The number of rotatable bonds is 3. The predicted molar refractivity (Wildman–Crippen MR) is 65.0 cm³/mol. The molecule has 1 aliphatic rings. The molecule has 0 atom stereocenters. The molecule has 17 heavy (non-hydrogen) atoms. The fraction of sp³-hybridized carbons (Fsp3) is 0.429. The van der Waals surface area contributed by atoms with Crippen molar-refractivity contribution in [2.45, 2.75) is 25.8 Å². The number of hydrogen-bond acceptors (Lipinski definition) is 2. The van der Waals surface area contributed by atoms with E-state index in [0.29, 0.717) is 12.1 Å². The quantitative estimate of drug-likeness (QED) is 0.796. The summed E-state index contributed by atoms with van der Waals surface area (Å²) in [5, 5.41) is 8.70. The normalized spacial score (nSPS) is 14.8. The van der Waals surface area contributed by atoms with E-state index in [1.54, 1.807) is 17.0 Å². The fourth-order valence-corrected chi connectivity index (χ4v) is 2.00. The lowest BCUT2D eigenvalue weighted by Crippen LogP contribution is -2.35. The second-order valence-electron chi connectivity index (χ2n) is 4.63. The van der Waals surface area contributed by atoms with Crippen LogP contribution in [-0.4, -0.2) is 17.9 Å². The molecule has 2 rings (SSSR count). The van der Waals surface area contributed by atoms with Crippen molar-refractivity contribution in [2.75, 3.05) is 7.05 Å². The highest BCUT2D eigenvalue weighted by molar-refractivity contribution is 5.79. The molecule has 0 spiro atoms. The van der Waals surface area contributed by atoms with Gasteiger partial charge in [-0.2, -0.15) is 5.26 Å². The molecule has 88 valence electrons. The molecule has 0 unspecified atom stereocenters. The molecule has 1 aromatic rings. The zero-order chi connectivity index (χ0) is 12.3. The lowest BCUT2D eigenvalue weighted by atomic mass is 9.84. The maximum absolute atomic E-state index is 11.9. The molecular weight excluding hydrogens is 212 g/mol. The summed E-state index contributed by atoms with van der Waals surface area (Å²) in [4.78, 5) is 13.7. The highest BCUT2D eigenvalue weighted by atomic mass is 16.2. The van der Waals surface area contributed by atoms with Crippen LogP contribution in [0.3, 0.4) is 0 Å². The van der Waals surface area contributed by atoms with Crippen LogP contribution in [0, 0.1) is 17.2 Å². The molecule has 3 nitrogen and oxygen atoms in total. The SMILES string of the molecule is CN(Cc1ccc(C#N)cc1)C(=O)C1CCC1. The monoisotopic (exact) mass is 228 g/mol. The van der Waals surface area contributed by atoms with Crippen LogP contribution in [0.25, 0.3) is 0 Å². The number of nitrogens with zero attached hydrogens (tertiary/aromatic N) is 2. The van der Waals surface area contributed by atoms with E-state index in [0.717, 1.165) is 18.4 Å². The summed E-state index contributed by atoms with van der Waals surface area (Å²) in [7, 11) is 1.85. The van der Waals surface area contributed by atoms with Crippen molar-refractivity contribution >= 4 is 5.91 Å². The smallest absolute Gasteiger partial charge is 0.225 e. The molecular formula is C14H16N2O. The zero-order valence-corrected chi connectivity index (χ0v) is 10.0. The average Bonchev–Trinajstić information content (AvgIpc) is 2.27. The van der Waals surface area contributed by atoms with E-state index in [2.05, 4.69) is 6.07 Å². The summed E-state index contributed by atoms with van der Waals surface area (Å²) in [6.45, 7) is 0.626. The summed E-state index contributed by atoms with van der Waals surface area (Å²) in [6, 6.07) is 9.48. The van der Waals surface area contributed by atoms with E-state index >= 15 is 0 Å². The van der Waals surface area contributed by atoms with E-state index < -0.39 is 0 Å². The topological polar surface area (TPSA) is 44.1 Å². The molecule has 0 saturated heterocycles. The molecule has 1 amide bonds. The van der Waals surface area contributed by atoms with Crippen LogP contribution in [-0.2, 0) is 11.3 Å². The zero-order valence-electron chi connectivity index (χ0n) is 10.0. The molecule has 0 aliphatic heterocycles. The standard InChI is InChI=1S/C14H16N2O/c1-16(14(17)13-3-2-4-13)10-12-7-5-11(9-15)6-8-12/h5-8,13H,2-4,10H2,1H3. The van der Waals surface area contributed by atoms with Crippen LogP contribution < -0.4 is 0 Å². The maximum atomic E-state index is 11.9. The molecule has 0 bridgehead atoms. The Bertz CT molecular complexity index is 440. The van der Waals surface area contributed by atoms with Crippen molar-refractivity contribution in [2.24, 2.45) is 5.92 Å². The average molecular weight is 228 g/mol. The number of carbonyl (C=O) groups excluding carboxylic acids is 1. The molecule has 0 N–H and O–H groups in total. The first-order valence-electron chi connectivity index (χ1n) is 5.94. The molecule has 0 radical (unpaired) electrons. The summed E-state index contributed by atoms with van der Waals surface area (Å²) < 4.78 is 0. The van der Waals surface area contributed by atoms with Gasteiger partial charge < -0.3 is 4.90 Å². The van der Waals surface area contributed by atoms with Crippen LogP contribution in [0.1, 0.15) is 30.4 Å². The first kappa shape index (κ1) is 11.7. The number of benzene rings is 1. The molecule has 0 aromatic heterocycles. The van der Waals surface area contributed by atoms with Gasteiger partial charge in [0.1, 0.15) is 0 Å². The Morgan fingerprint density at radius 1 is 1.41 bits per heavy atom. The maximum Gasteiger partial charge on any atom is 0.225 e. The van der Waals surface area contributed by atoms with Crippen LogP contribution in [0.2, 0.25) is 0 Å². The van der Waals surface area contributed by atoms with Crippen LogP contribution in [0.15, 0.2) is 24.3 Å². The largest absolute Gasteiger partial charge is 0.341 e. The molecule has 1 aromatic carbocycles. The van der Waals surface area contributed by atoms with E-state index in [1.807, 2.05) is 19.2 Å². The minimum atomic E-state index is 0.249. The van der Waals surface area contributed by atoms with E-state index in [-0.39, 0.29) is 11.8 Å². The Labute approximate surface area is 102 Å². The third-order valence-electron chi connectivity index (χ3n) is 3.33. The van der Waals surface area contributed by atoms with Crippen molar-refractivity contribution in [3.63, 3.8) is 0 Å². The van der Waals surface area contributed by atoms with Gasteiger partial charge in [-0.1, -0.05) is 18.6 Å². The predicted octanol–water partition coefficient (Wildman–Crippen LogP) is 2.32. The summed E-state index contributed by atoms with van der Waals surface area (Å²) in [6.07, 6.45) is 3.26. The number of nitriles is 1. The minimum Gasteiger partial charge on any atom is -0.341 e. The Kier molecular flexibility index (Phi) is 3.43. The van der Waals surface area contributed by atoms with Gasteiger partial charge in [-0.05, 0) is 30.5 Å². The minimum absolute atomic E-state index is 0.249. The van der Waals surface area contributed by atoms with Crippen LogP contribution >= 0.6 is 0 Å². The Morgan fingerprint density at radius 2 is 2.06 bits per heavy atom. The second-order valence-corrected chi connectivity index (χ2v) is 4.63. The summed E-state index contributed by atoms with van der Waals surface area (Å²) >= 11 is 0. The van der Waals surface area contributed by atoms with Crippen molar-refractivity contribution in [3.8, 4) is 6.07 Å². The molecule has 1 aliphatic carbocycles. The molecule has 3 heteroatoms. The lowest BCUT2D eigenvalue weighted by molar-refractivity contribution is -0.137. The first-order chi connectivity index (χ1) is 8.20. The molecule has 1 fully saturated rings. The first-order valence-corrected chi connectivity index (χ1v) is 5.94. The van der Waals surface area contributed by atoms with E-state index in [9.17, 15) is 4.79 Å². The fourth-order valence-electron chi connectivity index (χ4n) is 2.00. The van der Waals surface area contributed by atoms with Gasteiger partial charge in [0.05, 0.1) is 11.6 Å². The molecule has 1 saturated carbocycles. The van der Waals surface area contributed by atoms with Gasteiger partial charge in [-0.3, -0.25) is 4.79 Å². The van der Waals surface area contributed by atoms with Gasteiger partial charge in [0, 0.05) is 19.5 Å². The van der Waals surface area contributed by atoms with Crippen molar-refractivity contribution < 1.29 is 4.79 Å². The Balaban J connectivity index is 1.95.